The van der Waals surface area contributed by atoms with Gasteiger partial charge in [0.05, 0.1) is 0 Å². The number of hydrogen-bond donors (Lipinski definition) is 0. The molecule has 0 aliphatic heterocycles. The van der Waals surface area contributed by atoms with E-state index < -0.39 is 6.10 Å². The number of hydrogen-bond acceptors (Lipinski definition) is 6. The smallest absolute Gasteiger partial charge is 0.306 e. The third-order valence-electron chi connectivity index (χ3n) is 9.38. The maximum atomic E-state index is 12.7. The molecule has 6 heteroatoms. The predicted molar refractivity (Wildman–Crippen MR) is 219 cm³/mol. The molecule has 302 valence electrons. The first-order valence-corrected chi connectivity index (χ1v) is 22.0. The highest BCUT2D eigenvalue weighted by Crippen LogP contribution is 2.13. The van der Waals surface area contributed by atoms with Crippen molar-refractivity contribution < 1.29 is 28.6 Å². The van der Waals surface area contributed by atoms with Gasteiger partial charge in [0.2, 0.25) is 0 Å². The lowest BCUT2D eigenvalue weighted by Crippen LogP contribution is -2.30. The molecule has 1 unspecified atom stereocenters. The second-order valence-corrected chi connectivity index (χ2v) is 14.6. The Kier molecular flexibility index (Phi) is 39.5. The van der Waals surface area contributed by atoms with Crippen LogP contribution in [-0.2, 0) is 28.6 Å². The monoisotopic (exact) mass is 731 g/mol. The summed E-state index contributed by atoms with van der Waals surface area (Å²) < 4.78 is 16.6. The molecule has 6 nitrogen and oxygen atoms in total. The molecule has 1 atom stereocenters. The molecule has 0 fully saturated rings. The normalized spacial score (nSPS) is 12.3. The van der Waals surface area contributed by atoms with Gasteiger partial charge < -0.3 is 14.2 Å². The summed E-state index contributed by atoms with van der Waals surface area (Å²) in [4.78, 5) is 37.5. The molecule has 0 saturated heterocycles. The van der Waals surface area contributed by atoms with Crippen LogP contribution in [0.1, 0.15) is 220 Å². The molecule has 52 heavy (non-hydrogen) atoms. The summed E-state index contributed by atoms with van der Waals surface area (Å²) in [5, 5.41) is 0. The van der Waals surface area contributed by atoms with Crippen LogP contribution in [0, 0.1) is 0 Å². The van der Waals surface area contributed by atoms with Crippen LogP contribution in [0.15, 0.2) is 36.5 Å². The van der Waals surface area contributed by atoms with Crippen LogP contribution in [0.5, 0.6) is 0 Å². The van der Waals surface area contributed by atoms with Crippen LogP contribution in [0.3, 0.4) is 0 Å². The molecular formula is C46H82O6. The topological polar surface area (TPSA) is 78.9 Å². The van der Waals surface area contributed by atoms with Crippen molar-refractivity contribution in [2.45, 2.75) is 226 Å². The van der Waals surface area contributed by atoms with Crippen molar-refractivity contribution in [3.63, 3.8) is 0 Å². The minimum atomic E-state index is -0.792. The fourth-order valence-corrected chi connectivity index (χ4v) is 6.02. The average molecular weight is 731 g/mol. The molecule has 0 aromatic rings. The Morgan fingerprint density at radius 1 is 0.385 bits per heavy atom. The first-order chi connectivity index (χ1) is 25.5. The Balaban J connectivity index is 4.44. The molecule has 0 spiro atoms. The Morgan fingerprint density at radius 3 is 1.23 bits per heavy atom. The molecule has 0 amide bonds. The zero-order valence-corrected chi connectivity index (χ0v) is 34.3. The van der Waals surface area contributed by atoms with Crippen molar-refractivity contribution in [1.29, 1.82) is 0 Å². The van der Waals surface area contributed by atoms with Crippen molar-refractivity contribution in [3.05, 3.63) is 36.5 Å². The molecule has 0 heterocycles. The number of unbranched alkanes of at least 4 members (excludes halogenated alkanes) is 22. The van der Waals surface area contributed by atoms with E-state index in [4.69, 9.17) is 14.2 Å². The SMILES string of the molecule is CCCCC/C=C\CCCCCCCC(=O)OC(COC(=O)CC/C=C\C/C=C\CCCCCCCC)COC(=O)CCCCCCCCCCC. The number of carbonyl (C=O) groups excluding carboxylic acids is 3. The molecule has 0 aromatic heterocycles. The summed E-state index contributed by atoms with van der Waals surface area (Å²) in [6.07, 6.45) is 45.7. The van der Waals surface area contributed by atoms with Crippen LogP contribution >= 0.6 is 0 Å². The number of ether oxygens (including phenoxy) is 3. The van der Waals surface area contributed by atoms with E-state index in [1.807, 2.05) is 6.08 Å². The fraction of sp³-hybridized carbons (Fsp3) is 0.804. The van der Waals surface area contributed by atoms with E-state index in [-0.39, 0.29) is 37.5 Å². The van der Waals surface area contributed by atoms with E-state index in [0.29, 0.717) is 19.3 Å². The molecular weight excluding hydrogens is 648 g/mol. The Morgan fingerprint density at radius 2 is 0.731 bits per heavy atom. The van der Waals surface area contributed by atoms with Gasteiger partial charge in [-0.25, -0.2) is 0 Å². The van der Waals surface area contributed by atoms with Crippen LogP contribution in [0.2, 0.25) is 0 Å². The van der Waals surface area contributed by atoms with Crippen LogP contribution in [0.25, 0.3) is 0 Å². The number of esters is 3. The van der Waals surface area contributed by atoms with Crippen LogP contribution in [-0.4, -0.2) is 37.2 Å². The van der Waals surface area contributed by atoms with E-state index >= 15 is 0 Å². The summed E-state index contributed by atoms with van der Waals surface area (Å²) in [5.74, 6) is -0.975. The second kappa shape index (κ2) is 41.4. The third-order valence-corrected chi connectivity index (χ3v) is 9.38. The molecule has 0 rings (SSSR count). The predicted octanol–water partition coefficient (Wildman–Crippen LogP) is 13.8. The van der Waals surface area contributed by atoms with Crippen molar-refractivity contribution >= 4 is 17.9 Å². The van der Waals surface area contributed by atoms with Crippen LogP contribution in [0.4, 0.5) is 0 Å². The summed E-state index contributed by atoms with van der Waals surface area (Å²) in [6, 6.07) is 0. The van der Waals surface area contributed by atoms with Gasteiger partial charge in [0.25, 0.3) is 0 Å². The summed E-state index contributed by atoms with van der Waals surface area (Å²) in [6.45, 7) is 6.51. The third kappa shape index (κ3) is 38.9. The van der Waals surface area contributed by atoms with Crippen molar-refractivity contribution in [2.75, 3.05) is 13.2 Å². The minimum Gasteiger partial charge on any atom is -0.462 e. The van der Waals surface area contributed by atoms with E-state index in [2.05, 4.69) is 51.2 Å². The highest BCUT2D eigenvalue weighted by atomic mass is 16.6. The van der Waals surface area contributed by atoms with E-state index in [0.717, 1.165) is 64.2 Å². The summed E-state index contributed by atoms with van der Waals surface area (Å²) in [5.41, 5.74) is 0. The van der Waals surface area contributed by atoms with Crippen molar-refractivity contribution in [1.82, 2.24) is 0 Å². The largest absolute Gasteiger partial charge is 0.462 e. The zero-order valence-electron chi connectivity index (χ0n) is 34.3. The first-order valence-electron chi connectivity index (χ1n) is 22.0. The van der Waals surface area contributed by atoms with Gasteiger partial charge in [-0.3, -0.25) is 14.4 Å². The molecule has 0 saturated carbocycles. The number of carbonyl (C=O) groups is 3. The van der Waals surface area contributed by atoms with Gasteiger partial charge in [-0.1, -0.05) is 173 Å². The fourth-order valence-electron chi connectivity index (χ4n) is 6.02. The van der Waals surface area contributed by atoms with Gasteiger partial charge in [-0.2, -0.15) is 0 Å². The van der Waals surface area contributed by atoms with Gasteiger partial charge in [0, 0.05) is 19.3 Å². The summed E-state index contributed by atoms with van der Waals surface area (Å²) in [7, 11) is 0. The second-order valence-electron chi connectivity index (χ2n) is 14.6. The van der Waals surface area contributed by atoms with E-state index in [1.54, 1.807) is 0 Å². The van der Waals surface area contributed by atoms with Crippen molar-refractivity contribution in [2.24, 2.45) is 0 Å². The Labute approximate surface area is 321 Å². The standard InChI is InChI=1S/C46H82O6/c1-4-7-10-13-16-19-21-23-25-27-30-33-36-39-45(48)51-42-43(41-50-44(47)38-35-32-29-26-18-15-12-9-6-3)52-46(49)40-37-34-31-28-24-22-20-17-14-11-8-5-2/h17,20,23,25,30,33,43H,4-16,18-19,21-22,24,26-29,31-32,34-42H2,1-3H3/b20-17-,25-23-,33-30-. The molecule has 0 aliphatic carbocycles. The van der Waals surface area contributed by atoms with Gasteiger partial charge >= 0.3 is 17.9 Å². The zero-order chi connectivity index (χ0) is 38.0. The van der Waals surface area contributed by atoms with Gasteiger partial charge in [0.15, 0.2) is 6.10 Å². The average Bonchev–Trinajstić information content (AvgIpc) is 3.14. The maximum Gasteiger partial charge on any atom is 0.306 e. The summed E-state index contributed by atoms with van der Waals surface area (Å²) >= 11 is 0. The number of allylic oxidation sites excluding steroid dienone is 6. The minimum absolute atomic E-state index is 0.0911. The molecule has 0 aliphatic rings. The first kappa shape index (κ1) is 49.6. The maximum absolute atomic E-state index is 12.7. The van der Waals surface area contributed by atoms with E-state index in [1.165, 1.54) is 109 Å². The lowest BCUT2D eigenvalue weighted by atomic mass is 10.1. The van der Waals surface area contributed by atoms with Gasteiger partial charge in [0.1, 0.15) is 13.2 Å². The van der Waals surface area contributed by atoms with E-state index in [9.17, 15) is 14.4 Å². The Bertz CT molecular complexity index is 891. The van der Waals surface area contributed by atoms with Gasteiger partial charge in [-0.15, -0.1) is 0 Å². The highest BCUT2D eigenvalue weighted by Gasteiger charge is 2.19. The quantitative estimate of drug-likeness (QED) is 0.0271. The van der Waals surface area contributed by atoms with Gasteiger partial charge in [-0.05, 0) is 64.2 Å². The lowest BCUT2D eigenvalue weighted by Gasteiger charge is -2.18. The molecule has 0 bridgehead atoms. The molecule has 0 aromatic carbocycles. The molecule has 0 N–H and O–H groups in total. The molecule has 0 radical (unpaired) electrons. The number of rotatable bonds is 39. The van der Waals surface area contributed by atoms with Crippen molar-refractivity contribution in [3.8, 4) is 0 Å². The lowest BCUT2D eigenvalue weighted by molar-refractivity contribution is -0.166. The Hall–Kier alpha value is -2.37. The van der Waals surface area contributed by atoms with Crippen LogP contribution < -0.4 is 0 Å². The highest BCUT2D eigenvalue weighted by molar-refractivity contribution is 5.71.